The highest BCUT2D eigenvalue weighted by molar-refractivity contribution is 5.96. The minimum absolute atomic E-state index is 0.00352. The molecule has 4 N–H and O–H groups in total. The number of nitrogens with zero attached hydrogens (tertiary/aromatic N) is 1. The second kappa shape index (κ2) is 16.3. The average molecular weight is 849 g/mol. The Morgan fingerprint density at radius 2 is 1.66 bits per heavy atom. The molecule has 3 aliphatic carbocycles. The van der Waals surface area contributed by atoms with Crippen LogP contribution in [0.15, 0.2) is 65.9 Å². The molecule has 2 unspecified atom stereocenters. The van der Waals surface area contributed by atoms with E-state index in [1.165, 1.54) is 45.2 Å². The number of benzene rings is 1. The van der Waals surface area contributed by atoms with Crippen molar-refractivity contribution < 1.29 is 67.8 Å². The van der Waals surface area contributed by atoms with Gasteiger partial charge in [0.05, 0.1) is 35.3 Å². The quantitative estimate of drug-likeness (QED) is 0.153. The Hall–Kier alpha value is -5.03. The van der Waals surface area contributed by atoms with Gasteiger partial charge in [-0.25, -0.2) is 9.59 Å². The zero-order valence-corrected chi connectivity index (χ0v) is 35.9. The summed E-state index contributed by atoms with van der Waals surface area (Å²) in [5, 5.41) is 40.2. The summed E-state index contributed by atoms with van der Waals surface area (Å²) in [5.41, 5.74) is -8.44. The van der Waals surface area contributed by atoms with Gasteiger partial charge in [0.1, 0.15) is 30.0 Å². The number of aromatic nitrogens is 1. The van der Waals surface area contributed by atoms with Gasteiger partial charge in [0.25, 0.3) is 0 Å². The molecule has 2 bridgehead atoms. The number of ketones is 1. The number of Topliss-reactive ketones (excluding diaryl/α,β-unsaturated/α-hetero) is 1. The van der Waals surface area contributed by atoms with Crippen LogP contribution in [0.5, 0.6) is 0 Å². The molecule has 1 aromatic carbocycles. The van der Waals surface area contributed by atoms with Crippen molar-refractivity contribution in [3.05, 3.63) is 77.1 Å². The van der Waals surface area contributed by atoms with E-state index in [0.29, 0.717) is 0 Å². The fourth-order valence-electron chi connectivity index (χ4n) is 9.64. The van der Waals surface area contributed by atoms with Crippen LogP contribution in [0.25, 0.3) is 0 Å². The molecule has 0 spiro atoms. The van der Waals surface area contributed by atoms with Gasteiger partial charge in [-0.3, -0.25) is 24.2 Å². The van der Waals surface area contributed by atoms with E-state index in [9.17, 15) is 39.3 Å². The lowest BCUT2D eigenvalue weighted by atomic mass is 9.44. The van der Waals surface area contributed by atoms with E-state index in [0.717, 1.165) is 6.92 Å². The van der Waals surface area contributed by atoms with Crippen LogP contribution in [0.3, 0.4) is 0 Å². The summed E-state index contributed by atoms with van der Waals surface area (Å²) < 4.78 is 30.4. The van der Waals surface area contributed by atoms with Gasteiger partial charge in [-0.2, -0.15) is 0 Å². The maximum Gasteiger partial charge on any atom is 0.338 e. The molecule has 3 fully saturated rings. The van der Waals surface area contributed by atoms with E-state index in [1.807, 2.05) is 0 Å². The van der Waals surface area contributed by atoms with Crippen LogP contribution >= 0.6 is 0 Å². The van der Waals surface area contributed by atoms with Gasteiger partial charge in [-0.1, -0.05) is 65.8 Å². The number of rotatable bonds is 10. The van der Waals surface area contributed by atoms with Crippen LogP contribution in [-0.2, 0) is 47.7 Å². The number of hydrogen-bond donors (Lipinski definition) is 4. The molecule has 1 aliphatic heterocycles. The zero-order chi connectivity index (χ0) is 45.0. The van der Waals surface area contributed by atoms with E-state index in [4.69, 9.17) is 23.7 Å². The van der Waals surface area contributed by atoms with E-state index in [2.05, 4.69) is 10.3 Å². The largest absolute Gasteiger partial charge is 0.456 e. The predicted molar refractivity (Wildman–Crippen MR) is 214 cm³/mol. The number of esters is 4. The van der Waals surface area contributed by atoms with Gasteiger partial charge < -0.3 is 44.3 Å². The molecule has 1 aromatic heterocycles. The summed E-state index contributed by atoms with van der Waals surface area (Å²) >= 11 is 0. The van der Waals surface area contributed by atoms with Crippen molar-refractivity contribution in [2.45, 2.75) is 135 Å². The number of hydrogen-bond acceptors (Lipinski definition) is 15. The number of pyridine rings is 1. The van der Waals surface area contributed by atoms with Crippen molar-refractivity contribution >= 4 is 35.6 Å². The molecule has 330 valence electrons. The van der Waals surface area contributed by atoms with E-state index in [-0.39, 0.29) is 41.9 Å². The number of carbonyl (C=O) groups is 6. The van der Waals surface area contributed by atoms with Crippen molar-refractivity contribution in [3.63, 3.8) is 0 Å². The van der Waals surface area contributed by atoms with E-state index in [1.54, 1.807) is 65.0 Å². The standard InChI is InChI=1S/C45H56N2O14/c1-10-30(50)59-34-31-23(2)27(58-39(54)33(51)32(26-18-14-15-19-46-26)47-40(55)41(4,5)6)21-45(56,42(31,7)8)37(60-38(53)25-16-12-11-13-17-25)35-43(9,36(34)52)28(49)20-29-44(35,22-57-29)61-24(3)48/h11-19,27-29,32-35,37,49,51,56H,10,20-22H2,1-9H3,(H,47,55)/t27-,28-,29+,32?,33+,34+,35?,37-,43+,44-,45+/m0/s1. The molecule has 6 rings (SSSR count). The summed E-state index contributed by atoms with van der Waals surface area (Å²) in [6.45, 7) is 13.4. The summed E-state index contributed by atoms with van der Waals surface area (Å²) in [6.07, 6.45) is -9.29. The number of nitrogens with one attached hydrogen (secondary N) is 1. The van der Waals surface area contributed by atoms with Crippen molar-refractivity contribution in [2.24, 2.45) is 22.2 Å². The SMILES string of the molecule is CCC(=O)O[C@H]1C(=O)[C@@]2(C)C([C@H](OC(=O)c3ccccc3)[C@]3(O)C[C@H](OC(=O)[C@H](O)C(NC(=O)C(C)(C)C)c4ccccn4)C(C)=C1C3(C)C)[C@]1(OC(C)=O)CO[C@@H]1C[C@@H]2O. The summed E-state index contributed by atoms with van der Waals surface area (Å²) in [4.78, 5) is 87.9. The molecule has 2 saturated carbocycles. The molecule has 0 radical (unpaired) electrons. The third-order valence-corrected chi connectivity index (χ3v) is 13.2. The maximum atomic E-state index is 15.6. The first-order chi connectivity index (χ1) is 28.4. The number of carbonyl (C=O) groups excluding carboxylic acids is 6. The Kier molecular flexibility index (Phi) is 12.2. The number of aliphatic hydroxyl groups excluding tert-OH is 2. The molecule has 4 aliphatic rings. The van der Waals surface area contributed by atoms with Crippen LogP contribution in [0.2, 0.25) is 0 Å². The molecular formula is C45H56N2O14. The summed E-state index contributed by atoms with van der Waals surface area (Å²) in [7, 11) is 0. The first-order valence-corrected chi connectivity index (χ1v) is 20.5. The fraction of sp³-hybridized carbons (Fsp3) is 0.578. The highest BCUT2D eigenvalue weighted by Gasteiger charge is 2.78. The molecule has 61 heavy (non-hydrogen) atoms. The third kappa shape index (κ3) is 7.65. The van der Waals surface area contributed by atoms with Crippen molar-refractivity contribution in [1.29, 1.82) is 0 Å². The lowest BCUT2D eigenvalue weighted by molar-refractivity contribution is -0.346. The highest BCUT2D eigenvalue weighted by Crippen LogP contribution is 2.64. The third-order valence-electron chi connectivity index (χ3n) is 13.2. The first kappa shape index (κ1) is 45.5. The number of amides is 1. The summed E-state index contributed by atoms with van der Waals surface area (Å²) in [6, 6.07) is 11.2. The molecule has 2 aromatic rings. The minimum atomic E-state index is -2.39. The molecule has 11 atom stereocenters. The first-order valence-electron chi connectivity index (χ1n) is 20.5. The maximum absolute atomic E-state index is 15.6. The summed E-state index contributed by atoms with van der Waals surface area (Å²) in [5.74, 6) is -6.68. The number of fused-ring (bicyclic) bond motifs is 5. The van der Waals surface area contributed by atoms with Gasteiger partial charge in [-0.05, 0) is 49.3 Å². The van der Waals surface area contributed by atoms with Gasteiger partial charge in [0.2, 0.25) is 5.91 Å². The Morgan fingerprint density at radius 1 is 1.00 bits per heavy atom. The molecule has 2 heterocycles. The number of ether oxygens (including phenoxy) is 5. The highest BCUT2D eigenvalue weighted by atomic mass is 16.6. The smallest absolute Gasteiger partial charge is 0.338 e. The lowest BCUT2D eigenvalue weighted by Gasteiger charge is -2.67. The van der Waals surface area contributed by atoms with Crippen molar-refractivity contribution in [2.75, 3.05) is 6.61 Å². The molecule has 16 nitrogen and oxygen atoms in total. The van der Waals surface area contributed by atoms with Gasteiger partial charge >= 0.3 is 23.9 Å². The normalized spacial score (nSPS) is 32.6. The van der Waals surface area contributed by atoms with Crippen molar-refractivity contribution in [3.8, 4) is 0 Å². The van der Waals surface area contributed by atoms with Gasteiger partial charge in [0.15, 0.2) is 23.6 Å². The Bertz CT molecular complexity index is 2100. The van der Waals surface area contributed by atoms with Crippen molar-refractivity contribution in [1.82, 2.24) is 10.3 Å². The lowest BCUT2D eigenvalue weighted by Crippen LogP contribution is -2.82. The Morgan fingerprint density at radius 3 is 2.21 bits per heavy atom. The second-order valence-electron chi connectivity index (χ2n) is 18.3. The van der Waals surface area contributed by atoms with Crippen LogP contribution in [0.1, 0.15) is 104 Å². The minimum Gasteiger partial charge on any atom is -0.456 e. The van der Waals surface area contributed by atoms with Crippen LogP contribution in [0.4, 0.5) is 0 Å². The second-order valence-corrected chi connectivity index (χ2v) is 18.3. The molecular weight excluding hydrogens is 792 g/mol. The van der Waals surface area contributed by atoms with Crippen LogP contribution in [-0.4, -0.2) is 110 Å². The van der Waals surface area contributed by atoms with Crippen LogP contribution < -0.4 is 5.32 Å². The Balaban J connectivity index is 1.56. The van der Waals surface area contributed by atoms with E-state index >= 15 is 4.79 Å². The molecule has 16 heteroatoms. The average Bonchev–Trinajstić information content (AvgIpc) is 3.20. The molecule has 1 amide bonds. The topological polar surface area (TPSA) is 234 Å². The fourth-order valence-corrected chi connectivity index (χ4v) is 9.64. The van der Waals surface area contributed by atoms with E-state index < -0.39 is 118 Å². The Labute approximate surface area is 354 Å². The monoisotopic (exact) mass is 848 g/mol. The van der Waals surface area contributed by atoms with Crippen LogP contribution in [0, 0.1) is 22.2 Å². The zero-order valence-electron chi connectivity index (χ0n) is 35.9. The number of aliphatic hydroxyl groups is 3. The molecule has 1 saturated heterocycles. The van der Waals surface area contributed by atoms with Gasteiger partial charge in [-0.15, -0.1) is 0 Å². The predicted octanol–water partition coefficient (Wildman–Crippen LogP) is 3.25. The van der Waals surface area contributed by atoms with Gasteiger partial charge in [0, 0.05) is 43.2 Å².